The molecule has 164 valence electrons. The largest absolute Gasteiger partial charge is 0.298 e. The van der Waals surface area contributed by atoms with Gasteiger partial charge in [-0.25, -0.2) is 0 Å². The third-order valence-electron chi connectivity index (χ3n) is 4.50. The maximum absolute atomic E-state index is 4.77. The zero-order chi connectivity index (χ0) is 21.5. The molecule has 0 rings (SSSR count). The maximum Gasteiger partial charge on any atom is 0.0516 e. The molecular formula is C24H48N4. The molecule has 4 heteroatoms. The molecule has 0 aromatic carbocycles. The Hall–Kier alpha value is -1.03. The lowest BCUT2D eigenvalue weighted by molar-refractivity contribution is 0.297. The highest BCUT2D eigenvalue weighted by Crippen LogP contribution is 2.04. The van der Waals surface area contributed by atoms with Crippen LogP contribution in [0.2, 0.25) is 0 Å². The molecule has 0 fully saturated rings. The van der Waals surface area contributed by atoms with E-state index < -0.39 is 0 Å². The average molecular weight is 393 g/mol. The highest BCUT2D eigenvalue weighted by atomic mass is 15.1. The van der Waals surface area contributed by atoms with Crippen molar-refractivity contribution in [2.24, 2.45) is 32.7 Å². The Balaban J connectivity index is 4.64. The van der Waals surface area contributed by atoms with Crippen LogP contribution in [0.5, 0.6) is 0 Å². The fraction of sp³-hybridized carbons (Fsp3) is 0.875. The number of nitrogens with zero attached hydrogens (tertiary/aromatic N) is 4. The minimum Gasteiger partial charge on any atom is -0.298 e. The standard InChI is InChI=1S/C24H48N4/c1-19(2)16-22(7)25-10-13-28(14-11-26-23(8)17-20(3)4)15-12-27-24(9)18-21(5)6/h19-21H,10-18H2,1-9H3. The Morgan fingerprint density at radius 1 is 0.536 bits per heavy atom. The molecule has 0 heterocycles. The Labute approximate surface area is 176 Å². The summed E-state index contributed by atoms with van der Waals surface area (Å²) in [6.45, 7) is 25.6. The van der Waals surface area contributed by atoms with Gasteiger partial charge in [-0.2, -0.15) is 0 Å². The lowest BCUT2D eigenvalue weighted by atomic mass is 10.1. The summed E-state index contributed by atoms with van der Waals surface area (Å²) in [7, 11) is 0. The Morgan fingerprint density at radius 2 is 0.786 bits per heavy atom. The summed E-state index contributed by atoms with van der Waals surface area (Å²) in [6.07, 6.45) is 3.28. The van der Waals surface area contributed by atoms with Crippen molar-refractivity contribution in [3.05, 3.63) is 0 Å². The average Bonchev–Trinajstić information content (AvgIpc) is 2.52. The first kappa shape index (κ1) is 27.0. The Kier molecular flexibility index (Phi) is 15.3. The van der Waals surface area contributed by atoms with Crippen LogP contribution in [0.15, 0.2) is 15.0 Å². The van der Waals surface area contributed by atoms with Gasteiger partial charge >= 0.3 is 0 Å². The molecule has 0 amide bonds. The summed E-state index contributed by atoms with van der Waals surface area (Å²) in [5.74, 6) is 2.03. The van der Waals surface area contributed by atoms with E-state index in [4.69, 9.17) is 15.0 Å². The molecule has 0 saturated carbocycles. The predicted molar refractivity (Wildman–Crippen MR) is 129 cm³/mol. The molecule has 0 radical (unpaired) electrons. The molecule has 0 N–H and O–H groups in total. The van der Waals surface area contributed by atoms with Crippen molar-refractivity contribution in [1.82, 2.24) is 4.90 Å². The second-order valence-electron chi connectivity index (χ2n) is 9.49. The minimum absolute atomic E-state index is 0.677. The van der Waals surface area contributed by atoms with Gasteiger partial charge in [-0.3, -0.25) is 19.9 Å². The van der Waals surface area contributed by atoms with Crippen LogP contribution in [-0.2, 0) is 0 Å². The zero-order valence-corrected chi connectivity index (χ0v) is 20.4. The Bertz CT molecular complexity index is 416. The quantitative estimate of drug-likeness (QED) is 0.324. The summed E-state index contributed by atoms with van der Waals surface area (Å²) in [5.41, 5.74) is 3.81. The van der Waals surface area contributed by atoms with Crippen molar-refractivity contribution >= 4 is 17.1 Å². The van der Waals surface area contributed by atoms with E-state index in [9.17, 15) is 0 Å². The molecule has 0 aromatic heterocycles. The molecule has 0 aliphatic carbocycles. The SMILES string of the molecule is CC(CC(C)C)=NCCN(CCN=C(C)CC(C)C)CCN=C(C)CC(C)C. The first-order valence-corrected chi connectivity index (χ1v) is 11.3. The van der Waals surface area contributed by atoms with Crippen molar-refractivity contribution in [2.45, 2.75) is 81.6 Å². The van der Waals surface area contributed by atoms with Crippen LogP contribution in [-0.4, -0.2) is 61.3 Å². The molecule has 28 heavy (non-hydrogen) atoms. The number of hydrogen-bond acceptors (Lipinski definition) is 4. The van der Waals surface area contributed by atoms with Crippen molar-refractivity contribution in [3.8, 4) is 0 Å². The maximum atomic E-state index is 4.77. The molecule has 0 atom stereocenters. The van der Waals surface area contributed by atoms with Crippen LogP contribution in [0, 0.1) is 17.8 Å². The molecule has 0 bridgehead atoms. The van der Waals surface area contributed by atoms with E-state index in [1.165, 1.54) is 17.1 Å². The third kappa shape index (κ3) is 17.1. The molecule has 0 unspecified atom stereocenters. The zero-order valence-electron chi connectivity index (χ0n) is 20.4. The van der Waals surface area contributed by atoms with Crippen molar-refractivity contribution in [2.75, 3.05) is 39.3 Å². The van der Waals surface area contributed by atoms with Gasteiger partial charge in [-0.05, 0) is 57.8 Å². The van der Waals surface area contributed by atoms with E-state index in [1.807, 2.05) is 0 Å². The number of aliphatic imine (C=N–C) groups is 3. The summed E-state index contributed by atoms with van der Waals surface area (Å²) < 4.78 is 0. The van der Waals surface area contributed by atoms with Gasteiger partial charge in [0.2, 0.25) is 0 Å². The topological polar surface area (TPSA) is 40.3 Å². The summed E-state index contributed by atoms with van der Waals surface area (Å²) in [4.78, 5) is 16.8. The fourth-order valence-corrected chi connectivity index (χ4v) is 3.45. The second-order valence-corrected chi connectivity index (χ2v) is 9.49. The van der Waals surface area contributed by atoms with E-state index in [-0.39, 0.29) is 0 Å². The number of rotatable bonds is 15. The van der Waals surface area contributed by atoms with Crippen molar-refractivity contribution in [3.63, 3.8) is 0 Å². The van der Waals surface area contributed by atoms with Gasteiger partial charge in [-0.15, -0.1) is 0 Å². The smallest absolute Gasteiger partial charge is 0.0516 e. The molecule has 0 spiro atoms. The Morgan fingerprint density at radius 3 is 1.00 bits per heavy atom. The van der Waals surface area contributed by atoms with Crippen molar-refractivity contribution < 1.29 is 0 Å². The molecule has 4 nitrogen and oxygen atoms in total. The van der Waals surface area contributed by atoms with E-state index in [1.54, 1.807) is 0 Å². The van der Waals surface area contributed by atoms with Crippen LogP contribution in [0.4, 0.5) is 0 Å². The van der Waals surface area contributed by atoms with Crippen LogP contribution >= 0.6 is 0 Å². The second kappa shape index (κ2) is 15.8. The monoisotopic (exact) mass is 392 g/mol. The first-order chi connectivity index (χ1) is 13.1. The van der Waals surface area contributed by atoms with E-state index in [2.05, 4.69) is 67.2 Å². The predicted octanol–water partition coefficient (Wildman–Crippen LogP) is 5.81. The van der Waals surface area contributed by atoms with Gasteiger partial charge in [0.25, 0.3) is 0 Å². The van der Waals surface area contributed by atoms with Gasteiger partial charge in [0, 0.05) is 36.8 Å². The van der Waals surface area contributed by atoms with Crippen LogP contribution in [0.1, 0.15) is 81.6 Å². The van der Waals surface area contributed by atoms with Gasteiger partial charge in [-0.1, -0.05) is 41.5 Å². The molecule has 0 saturated heterocycles. The van der Waals surface area contributed by atoms with Gasteiger partial charge in [0.15, 0.2) is 0 Å². The fourth-order valence-electron chi connectivity index (χ4n) is 3.45. The van der Waals surface area contributed by atoms with Gasteiger partial charge in [0.1, 0.15) is 0 Å². The van der Waals surface area contributed by atoms with E-state index in [0.29, 0.717) is 17.8 Å². The summed E-state index contributed by atoms with van der Waals surface area (Å²) >= 11 is 0. The van der Waals surface area contributed by atoms with Crippen LogP contribution < -0.4 is 0 Å². The number of hydrogen-bond donors (Lipinski definition) is 0. The lowest BCUT2D eigenvalue weighted by Gasteiger charge is -2.20. The van der Waals surface area contributed by atoms with Crippen LogP contribution in [0.25, 0.3) is 0 Å². The highest BCUT2D eigenvalue weighted by molar-refractivity contribution is 5.82. The van der Waals surface area contributed by atoms with Crippen LogP contribution in [0.3, 0.4) is 0 Å². The lowest BCUT2D eigenvalue weighted by Crippen LogP contribution is -2.32. The highest BCUT2D eigenvalue weighted by Gasteiger charge is 2.06. The molecule has 0 aromatic rings. The van der Waals surface area contributed by atoms with Gasteiger partial charge in [0.05, 0.1) is 19.6 Å². The summed E-state index contributed by atoms with van der Waals surface area (Å²) in [5, 5.41) is 0. The molecular weight excluding hydrogens is 344 g/mol. The normalized spacial score (nSPS) is 14.2. The van der Waals surface area contributed by atoms with Crippen molar-refractivity contribution in [1.29, 1.82) is 0 Å². The van der Waals surface area contributed by atoms with E-state index >= 15 is 0 Å². The van der Waals surface area contributed by atoms with Gasteiger partial charge < -0.3 is 0 Å². The molecule has 0 aliphatic heterocycles. The third-order valence-corrected chi connectivity index (χ3v) is 4.50. The summed E-state index contributed by atoms with van der Waals surface area (Å²) in [6, 6.07) is 0. The molecule has 0 aliphatic rings. The minimum atomic E-state index is 0.677. The van der Waals surface area contributed by atoms with E-state index in [0.717, 1.165) is 58.5 Å². The first-order valence-electron chi connectivity index (χ1n) is 11.3.